The molecule has 1 aliphatic carbocycles. The van der Waals surface area contributed by atoms with Crippen LogP contribution in [0.15, 0.2) is 24.4 Å². The predicted octanol–water partition coefficient (Wildman–Crippen LogP) is 4.35. The number of hydrogen-bond acceptors (Lipinski definition) is 2. The van der Waals surface area contributed by atoms with Crippen molar-refractivity contribution in [2.24, 2.45) is 5.92 Å². The van der Waals surface area contributed by atoms with E-state index in [1.54, 1.807) is 0 Å². The average molecular weight is 274 g/mol. The van der Waals surface area contributed by atoms with Crippen LogP contribution in [-0.2, 0) is 6.42 Å². The minimum atomic E-state index is 0.603. The highest BCUT2D eigenvalue weighted by atomic mass is 14.9. The molecule has 1 fully saturated rings. The molecule has 1 N–H and O–H groups in total. The van der Waals surface area contributed by atoms with E-state index in [1.807, 2.05) is 12.3 Å². The molecule has 2 rings (SSSR count). The first-order valence-corrected chi connectivity index (χ1v) is 8.51. The van der Waals surface area contributed by atoms with E-state index in [2.05, 4.69) is 29.4 Å². The van der Waals surface area contributed by atoms with Crippen LogP contribution >= 0.6 is 0 Å². The third-order valence-electron chi connectivity index (χ3n) is 4.51. The number of aromatic nitrogens is 1. The standard InChI is InChI=1S/C18H30N2/c1-2-13-19-18(15-17-10-6-7-14-20-17)12-11-16-8-4-3-5-9-16/h6-7,10,14,16,18-19H,2-5,8-9,11-13,15H2,1H3. The second-order valence-electron chi connectivity index (χ2n) is 6.26. The molecule has 0 saturated heterocycles. The fourth-order valence-corrected chi connectivity index (χ4v) is 3.31. The Hall–Kier alpha value is -0.890. The highest BCUT2D eigenvalue weighted by Gasteiger charge is 2.16. The van der Waals surface area contributed by atoms with Gasteiger partial charge in [0.05, 0.1) is 0 Å². The van der Waals surface area contributed by atoms with Gasteiger partial charge in [0, 0.05) is 24.4 Å². The summed E-state index contributed by atoms with van der Waals surface area (Å²) in [5, 5.41) is 3.72. The van der Waals surface area contributed by atoms with E-state index in [9.17, 15) is 0 Å². The van der Waals surface area contributed by atoms with E-state index < -0.39 is 0 Å². The van der Waals surface area contributed by atoms with Crippen LogP contribution < -0.4 is 5.32 Å². The van der Waals surface area contributed by atoms with Crippen LogP contribution in [0.3, 0.4) is 0 Å². The molecule has 2 heteroatoms. The maximum absolute atomic E-state index is 4.48. The third kappa shape index (κ3) is 5.62. The number of pyridine rings is 1. The van der Waals surface area contributed by atoms with Crippen molar-refractivity contribution in [3.05, 3.63) is 30.1 Å². The molecule has 1 aromatic heterocycles. The first kappa shape index (κ1) is 15.5. The van der Waals surface area contributed by atoms with Crippen molar-refractivity contribution in [1.82, 2.24) is 10.3 Å². The largest absolute Gasteiger partial charge is 0.314 e. The van der Waals surface area contributed by atoms with Crippen LogP contribution in [0.1, 0.15) is 64.0 Å². The fourth-order valence-electron chi connectivity index (χ4n) is 3.31. The summed E-state index contributed by atoms with van der Waals surface area (Å²) in [4.78, 5) is 4.48. The molecule has 0 aromatic carbocycles. The minimum absolute atomic E-state index is 0.603. The highest BCUT2D eigenvalue weighted by Crippen LogP contribution is 2.28. The van der Waals surface area contributed by atoms with Crippen LogP contribution in [0.4, 0.5) is 0 Å². The van der Waals surface area contributed by atoms with Gasteiger partial charge >= 0.3 is 0 Å². The molecule has 1 unspecified atom stereocenters. The SMILES string of the molecule is CCCNC(CCC1CCCCC1)Cc1ccccn1. The average Bonchev–Trinajstić information content (AvgIpc) is 2.52. The Kier molecular flexibility index (Phi) is 7.07. The van der Waals surface area contributed by atoms with Crippen molar-refractivity contribution in [2.45, 2.75) is 70.8 Å². The molecular weight excluding hydrogens is 244 g/mol. The summed E-state index contributed by atoms with van der Waals surface area (Å²) in [5.41, 5.74) is 1.23. The summed E-state index contributed by atoms with van der Waals surface area (Å²) >= 11 is 0. The monoisotopic (exact) mass is 274 g/mol. The Labute approximate surface area is 124 Å². The first-order chi connectivity index (χ1) is 9.88. The van der Waals surface area contributed by atoms with Gasteiger partial charge in [-0.1, -0.05) is 45.1 Å². The maximum atomic E-state index is 4.48. The molecule has 20 heavy (non-hydrogen) atoms. The van der Waals surface area contributed by atoms with Crippen molar-refractivity contribution >= 4 is 0 Å². The van der Waals surface area contributed by atoms with Crippen LogP contribution in [0.2, 0.25) is 0 Å². The van der Waals surface area contributed by atoms with Gasteiger partial charge in [0.2, 0.25) is 0 Å². The summed E-state index contributed by atoms with van der Waals surface area (Å²) in [6.45, 7) is 3.37. The molecule has 1 aliphatic rings. The summed E-state index contributed by atoms with van der Waals surface area (Å²) in [7, 11) is 0. The van der Waals surface area contributed by atoms with E-state index in [4.69, 9.17) is 0 Å². The zero-order valence-corrected chi connectivity index (χ0v) is 13.0. The molecule has 0 spiro atoms. The van der Waals surface area contributed by atoms with Crippen molar-refractivity contribution < 1.29 is 0 Å². The smallest absolute Gasteiger partial charge is 0.0419 e. The lowest BCUT2D eigenvalue weighted by Gasteiger charge is -2.25. The summed E-state index contributed by atoms with van der Waals surface area (Å²) in [6, 6.07) is 6.86. The van der Waals surface area contributed by atoms with Gasteiger partial charge in [0.15, 0.2) is 0 Å². The van der Waals surface area contributed by atoms with Crippen molar-refractivity contribution in [3.8, 4) is 0 Å². The Balaban J connectivity index is 1.79. The van der Waals surface area contributed by atoms with Crippen LogP contribution in [-0.4, -0.2) is 17.6 Å². The van der Waals surface area contributed by atoms with Crippen LogP contribution in [0.5, 0.6) is 0 Å². The molecule has 0 amide bonds. The zero-order chi connectivity index (χ0) is 14.0. The van der Waals surface area contributed by atoms with Crippen LogP contribution in [0.25, 0.3) is 0 Å². The quantitative estimate of drug-likeness (QED) is 0.762. The lowest BCUT2D eigenvalue weighted by atomic mass is 9.85. The Morgan fingerprint density at radius 1 is 1.25 bits per heavy atom. The first-order valence-electron chi connectivity index (χ1n) is 8.51. The molecular formula is C18H30N2. The maximum Gasteiger partial charge on any atom is 0.0419 e. The second kappa shape index (κ2) is 9.12. The molecule has 1 heterocycles. The molecule has 0 aliphatic heterocycles. The summed E-state index contributed by atoms with van der Waals surface area (Å²) in [6.07, 6.45) is 14.2. The molecule has 1 atom stereocenters. The van der Waals surface area contributed by atoms with Crippen molar-refractivity contribution in [2.75, 3.05) is 6.54 Å². The molecule has 112 valence electrons. The number of rotatable bonds is 8. The lowest BCUT2D eigenvalue weighted by Crippen LogP contribution is -2.32. The molecule has 1 saturated carbocycles. The van der Waals surface area contributed by atoms with E-state index in [-0.39, 0.29) is 0 Å². The predicted molar refractivity (Wildman–Crippen MR) is 85.8 cm³/mol. The normalized spacial score (nSPS) is 18.1. The van der Waals surface area contributed by atoms with Gasteiger partial charge in [-0.15, -0.1) is 0 Å². The van der Waals surface area contributed by atoms with Crippen LogP contribution in [0, 0.1) is 5.92 Å². The van der Waals surface area contributed by atoms with Gasteiger partial charge < -0.3 is 5.32 Å². The van der Waals surface area contributed by atoms with Gasteiger partial charge in [-0.05, 0) is 43.9 Å². The molecule has 0 bridgehead atoms. The minimum Gasteiger partial charge on any atom is -0.314 e. The van der Waals surface area contributed by atoms with Crippen molar-refractivity contribution in [1.29, 1.82) is 0 Å². The number of nitrogens with one attached hydrogen (secondary N) is 1. The van der Waals surface area contributed by atoms with Gasteiger partial charge in [-0.2, -0.15) is 0 Å². The zero-order valence-electron chi connectivity index (χ0n) is 13.0. The van der Waals surface area contributed by atoms with Gasteiger partial charge in [-0.3, -0.25) is 4.98 Å². The number of nitrogens with zero attached hydrogens (tertiary/aromatic N) is 1. The van der Waals surface area contributed by atoms with E-state index in [0.717, 1.165) is 18.9 Å². The molecule has 2 nitrogen and oxygen atoms in total. The Morgan fingerprint density at radius 2 is 2.10 bits per heavy atom. The number of hydrogen-bond donors (Lipinski definition) is 1. The Morgan fingerprint density at radius 3 is 2.80 bits per heavy atom. The van der Waals surface area contributed by atoms with Gasteiger partial charge in [0.1, 0.15) is 0 Å². The topological polar surface area (TPSA) is 24.9 Å². The van der Waals surface area contributed by atoms with E-state index in [0.29, 0.717) is 6.04 Å². The van der Waals surface area contributed by atoms with E-state index in [1.165, 1.54) is 57.1 Å². The second-order valence-corrected chi connectivity index (χ2v) is 6.26. The van der Waals surface area contributed by atoms with Gasteiger partial charge in [-0.25, -0.2) is 0 Å². The third-order valence-corrected chi connectivity index (χ3v) is 4.51. The van der Waals surface area contributed by atoms with E-state index >= 15 is 0 Å². The summed E-state index contributed by atoms with van der Waals surface area (Å²) < 4.78 is 0. The lowest BCUT2D eigenvalue weighted by molar-refractivity contribution is 0.312. The Bertz CT molecular complexity index is 344. The van der Waals surface area contributed by atoms with Crippen molar-refractivity contribution in [3.63, 3.8) is 0 Å². The van der Waals surface area contributed by atoms with Gasteiger partial charge in [0.25, 0.3) is 0 Å². The highest BCUT2D eigenvalue weighted by molar-refractivity contribution is 5.05. The molecule has 0 radical (unpaired) electrons. The fraction of sp³-hybridized carbons (Fsp3) is 0.722. The summed E-state index contributed by atoms with van der Waals surface area (Å²) in [5.74, 6) is 0.985. The molecule has 1 aromatic rings.